The summed E-state index contributed by atoms with van der Waals surface area (Å²) >= 11 is 0. The van der Waals surface area contributed by atoms with Gasteiger partial charge in [0, 0.05) is 19.7 Å². The summed E-state index contributed by atoms with van der Waals surface area (Å²) in [5, 5.41) is 21.9. The number of carbonyl (C=O) groups is 1. The Bertz CT molecular complexity index is 351. The van der Waals surface area contributed by atoms with E-state index in [0.29, 0.717) is 0 Å². The molecular weight excluding hydrogens is 287 g/mol. The third-order valence-corrected chi connectivity index (χ3v) is 3.61. The summed E-state index contributed by atoms with van der Waals surface area (Å²) in [7, 11) is 1.33. The van der Waals surface area contributed by atoms with E-state index in [9.17, 15) is 19.4 Å². The van der Waals surface area contributed by atoms with Gasteiger partial charge in [0.1, 0.15) is 24.5 Å². The van der Waals surface area contributed by atoms with Crippen LogP contribution in [0.5, 0.6) is 0 Å². The summed E-state index contributed by atoms with van der Waals surface area (Å²) in [5.41, 5.74) is 10.8. The van der Waals surface area contributed by atoms with Crippen LogP contribution in [-0.4, -0.2) is 72.4 Å². The maximum absolute atomic E-state index is 13.2. The summed E-state index contributed by atoms with van der Waals surface area (Å²) in [6.07, 6.45) is -6.49. The monoisotopic (exact) mass is 310 g/mol. The largest absolute Gasteiger partial charge is 0.387 e. The van der Waals surface area contributed by atoms with E-state index in [1.807, 2.05) is 0 Å². The molecule has 0 bridgehead atoms. The Morgan fingerprint density at radius 3 is 2.62 bits per heavy atom. The Morgan fingerprint density at radius 1 is 1.52 bits per heavy atom. The number of alkyl halides is 1. The Kier molecular flexibility index (Phi) is 6.87. The highest BCUT2D eigenvalue weighted by Crippen LogP contribution is 2.23. The molecule has 1 aliphatic rings. The van der Waals surface area contributed by atoms with Gasteiger partial charge in [-0.3, -0.25) is 9.63 Å². The predicted molar refractivity (Wildman–Crippen MR) is 70.3 cm³/mol. The van der Waals surface area contributed by atoms with Crippen LogP contribution >= 0.6 is 0 Å². The summed E-state index contributed by atoms with van der Waals surface area (Å²) in [4.78, 5) is 16.4. The summed E-state index contributed by atoms with van der Waals surface area (Å²) in [5.74, 6) is 4.12. The molecule has 1 fully saturated rings. The van der Waals surface area contributed by atoms with Crippen molar-refractivity contribution in [3.05, 3.63) is 0 Å². The minimum absolute atomic E-state index is 0.176. The van der Waals surface area contributed by atoms with E-state index in [1.54, 1.807) is 0 Å². The van der Waals surface area contributed by atoms with Gasteiger partial charge in [0.15, 0.2) is 6.10 Å². The Labute approximate surface area is 121 Å². The first-order valence-corrected chi connectivity index (χ1v) is 6.51. The number of aliphatic hydroxyl groups excluding tert-OH is 2. The molecule has 9 N–H and O–H groups in total. The minimum Gasteiger partial charge on any atom is -0.387 e. The topological polar surface area (TPSA) is 166 Å². The number of halogens is 1. The lowest BCUT2D eigenvalue weighted by Gasteiger charge is -2.42. The van der Waals surface area contributed by atoms with Crippen LogP contribution in [0.15, 0.2) is 0 Å². The summed E-state index contributed by atoms with van der Waals surface area (Å²) in [6, 6.07) is -1.38. The van der Waals surface area contributed by atoms with Gasteiger partial charge in [-0.15, -0.1) is 0 Å². The van der Waals surface area contributed by atoms with Crippen LogP contribution in [0.1, 0.15) is 6.42 Å². The van der Waals surface area contributed by atoms with Crippen molar-refractivity contribution < 1.29 is 29.0 Å². The van der Waals surface area contributed by atoms with Gasteiger partial charge in [-0.1, -0.05) is 0 Å². The highest BCUT2D eigenvalue weighted by molar-refractivity contribution is 5.81. The fourth-order valence-electron chi connectivity index (χ4n) is 2.43. The van der Waals surface area contributed by atoms with E-state index in [2.05, 4.69) is 10.2 Å². The molecule has 7 atom stereocenters. The maximum atomic E-state index is 13.2. The van der Waals surface area contributed by atoms with Crippen LogP contribution in [0.25, 0.3) is 0 Å². The number of rotatable bonds is 6. The molecule has 0 aromatic carbocycles. The van der Waals surface area contributed by atoms with Crippen LogP contribution in [0.3, 0.4) is 0 Å². The van der Waals surface area contributed by atoms with E-state index >= 15 is 0 Å². The van der Waals surface area contributed by atoms with Crippen molar-refractivity contribution in [1.29, 1.82) is 0 Å². The van der Waals surface area contributed by atoms with Crippen LogP contribution in [0.4, 0.5) is 4.39 Å². The molecule has 0 aromatic heterocycles. The zero-order valence-corrected chi connectivity index (χ0v) is 11.7. The molecule has 1 amide bonds. The van der Waals surface area contributed by atoms with Gasteiger partial charge in [-0.2, -0.15) is 0 Å². The first kappa shape index (κ1) is 18.2. The van der Waals surface area contributed by atoms with Gasteiger partial charge in [0.2, 0.25) is 0 Å². The number of hydrogen-bond acceptors (Lipinski definition) is 8. The van der Waals surface area contributed by atoms with Crippen molar-refractivity contribution in [2.24, 2.45) is 17.4 Å². The highest BCUT2D eigenvalue weighted by Gasteiger charge is 2.45. The molecule has 0 saturated heterocycles. The first-order chi connectivity index (χ1) is 9.87. The van der Waals surface area contributed by atoms with E-state index in [-0.39, 0.29) is 6.42 Å². The SMILES string of the molecule is COC1C(NC(=O)C(O)C(F)CN)CC(N)[C@@H](ON)C1O. The van der Waals surface area contributed by atoms with Crippen molar-refractivity contribution in [1.82, 2.24) is 5.32 Å². The van der Waals surface area contributed by atoms with Gasteiger partial charge in [-0.05, 0) is 6.42 Å². The van der Waals surface area contributed by atoms with Gasteiger partial charge < -0.3 is 31.7 Å². The molecule has 0 spiro atoms. The zero-order valence-electron chi connectivity index (χ0n) is 11.7. The number of methoxy groups -OCH3 is 1. The third kappa shape index (κ3) is 4.07. The van der Waals surface area contributed by atoms with Gasteiger partial charge >= 0.3 is 0 Å². The van der Waals surface area contributed by atoms with Crippen LogP contribution in [0, 0.1) is 0 Å². The normalized spacial score (nSPS) is 36.0. The molecule has 1 rings (SSSR count). The van der Waals surface area contributed by atoms with Crippen molar-refractivity contribution in [2.75, 3.05) is 13.7 Å². The fraction of sp³-hybridized carbons (Fsp3) is 0.909. The Morgan fingerprint density at radius 2 is 2.14 bits per heavy atom. The molecule has 0 aliphatic heterocycles. The second-order valence-corrected chi connectivity index (χ2v) is 5.00. The molecule has 1 saturated carbocycles. The lowest BCUT2D eigenvalue weighted by molar-refractivity contribution is -0.152. The summed E-state index contributed by atoms with van der Waals surface area (Å²) in [6.45, 7) is -0.488. The average molecular weight is 310 g/mol. The molecular formula is C11H23FN4O5. The summed E-state index contributed by atoms with van der Waals surface area (Å²) < 4.78 is 18.3. The number of hydrogen-bond donors (Lipinski definition) is 6. The number of amides is 1. The average Bonchev–Trinajstić information content (AvgIpc) is 2.46. The van der Waals surface area contributed by atoms with Crippen molar-refractivity contribution in [3.8, 4) is 0 Å². The van der Waals surface area contributed by atoms with Gasteiger partial charge in [-0.25, -0.2) is 10.3 Å². The van der Waals surface area contributed by atoms with Gasteiger partial charge in [0.05, 0.1) is 6.04 Å². The maximum Gasteiger partial charge on any atom is 0.252 e. The quantitative estimate of drug-likeness (QED) is 0.275. The van der Waals surface area contributed by atoms with Crippen LogP contribution < -0.4 is 22.7 Å². The third-order valence-electron chi connectivity index (χ3n) is 3.61. The minimum atomic E-state index is -1.90. The van der Waals surface area contributed by atoms with E-state index in [0.717, 1.165) is 0 Å². The van der Waals surface area contributed by atoms with Crippen molar-refractivity contribution >= 4 is 5.91 Å². The first-order valence-electron chi connectivity index (χ1n) is 6.51. The molecule has 1 aliphatic carbocycles. The Hall–Kier alpha value is -0.880. The molecule has 10 heteroatoms. The molecule has 0 heterocycles. The zero-order chi connectivity index (χ0) is 16.2. The van der Waals surface area contributed by atoms with Crippen LogP contribution in [0.2, 0.25) is 0 Å². The number of aliphatic hydroxyl groups is 2. The second-order valence-electron chi connectivity index (χ2n) is 5.00. The number of nitrogens with two attached hydrogens (primary N) is 3. The second kappa shape index (κ2) is 7.94. The predicted octanol–water partition coefficient (Wildman–Crippen LogP) is -3.51. The smallest absolute Gasteiger partial charge is 0.252 e. The molecule has 124 valence electrons. The van der Waals surface area contributed by atoms with Crippen molar-refractivity contribution in [3.63, 3.8) is 0 Å². The lowest BCUT2D eigenvalue weighted by Crippen LogP contribution is -2.65. The number of ether oxygens (including phenoxy) is 1. The lowest BCUT2D eigenvalue weighted by atomic mass is 9.84. The highest BCUT2D eigenvalue weighted by atomic mass is 19.1. The number of carbonyl (C=O) groups excluding carboxylic acids is 1. The number of nitrogens with one attached hydrogen (secondary N) is 1. The van der Waals surface area contributed by atoms with Crippen molar-refractivity contribution in [2.45, 2.75) is 49.1 Å². The Balaban J connectivity index is 2.75. The molecule has 9 nitrogen and oxygen atoms in total. The van der Waals surface area contributed by atoms with Crippen LogP contribution in [-0.2, 0) is 14.4 Å². The molecule has 6 unspecified atom stereocenters. The van der Waals surface area contributed by atoms with E-state index < -0.39 is 55.1 Å². The standard InChI is InChI=1S/C11H23FN4O5/c1-20-10-6(2-5(14)9(21-15)8(10)18)16-11(19)7(17)4(12)3-13/h4-10,17-18H,2-3,13-15H2,1H3,(H,16,19)/t4?,5?,6?,7?,8?,9-,10?/m1/s1. The molecule has 21 heavy (non-hydrogen) atoms. The van der Waals surface area contributed by atoms with E-state index in [4.69, 9.17) is 22.1 Å². The van der Waals surface area contributed by atoms with Gasteiger partial charge in [0.25, 0.3) is 5.91 Å². The molecule has 0 radical (unpaired) electrons. The molecule has 0 aromatic rings. The fourth-order valence-corrected chi connectivity index (χ4v) is 2.43. The van der Waals surface area contributed by atoms with E-state index in [1.165, 1.54) is 7.11 Å².